The lowest BCUT2D eigenvalue weighted by Gasteiger charge is -2.23. The van der Waals surface area contributed by atoms with Crippen LogP contribution in [0.2, 0.25) is 0 Å². The molecule has 3 heterocycles. The minimum Gasteiger partial charge on any atom is -0.394 e. The fourth-order valence-electron chi connectivity index (χ4n) is 3.81. The van der Waals surface area contributed by atoms with Gasteiger partial charge in [0.1, 0.15) is 15.8 Å². The molecule has 1 aliphatic rings. The quantitative estimate of drug-likeness (QED) is 0.257. The number of aliphatic hydroxyl groups excluding tert-OH is 1. The van der Waals surface area contributed by atoms with E-state index in [1.54, 1.807) is 23.2 Å². The van der Waals surface area contributed by atoms with Gasteiger partial charge in [-0.3, -0.25) is 18.9 Å². The topological polar surface area (TPSA) is 96.2 Å². The van der Waals surface area contributed by atoms with E-state index in [0.29, 0.717) is 33.8 Å². The number of aromatic nitrogens is 2. The standard InChI is InChI=1S/C25H26N4O4S2/c1-16-7-6-11-28-22(16)27-21(26-10-13-33-14-12-30)19(23(28)31)15-20-24(32)29(25(34)35-20)17(2)18-8-4-3-5-9-18/h3-9,11,15,17,26,30H,10,12-14H2,1-2H3/b20-15-. The van der Waals surface area contributed by atoms with Gasteiger partial charge in [-0.15, -0.1) is 0 Å². The number of pyridine rings is 1. The second-order valence-corrected chi connectivity index (χ2v) is 9.64. The van der Waals surface area contributed by atoms with E-state index in [9.17, 15) is 9.59 Å². The molecular weight excluding hydrogens is 484 g/mol. The molecule has 2 N–H and O–H groups in total. The molecule has 1 aliphatic heterocycles. The molecule has 1 saturated heterocycles. The number of carbonyl (C=O) groups is 1. The second-order valence-electron chi connectivity index (χ2n) is 7.97. The van der Waals surface area contributed by atoms with Gasteiger partial charge in [0.15, 0.2) is 0 Å². The number of thiocarbonyl (C=S) groups is 1. The molecule has 0 bridgehead atoms. The number of benzene rings is 1. The van der Waals surface area contributed by atoms with Crippen LogP contribution in [0.1, 0.15) is 29.7 Å². The summed E-state index contributed by atoms with van der Waals surface area (Å²) in [5.74, 6) is 0.112. The lowest BCUT2D eigenvalue weighted by Crippen LogP contribution is -2.31. The number of fused-ring (bicyclic) bond motifs is 1. The molecule has 0 saturated carbocycles. The Morgan fingerprint density at radius 1 is 1.20 bits per heavy atom. The Hall–Kier alpha value is -3.05. The summed E-state index contributed by atoms with van der Waals surface area (Å²) in [5.41, 5.74) is 2.32. The molecule has 3 aromatic rings. The average Bonchev–Trinajstić information content (AvgIpc) is 3.14. The first-order chi connectivity index (χ1) is 16.9. The first-order valence-corrected chi connectivity index (χ1v) is 12.4. The Kier molecular flexibility index (Phi) is 7.97. The first kappa shape index (κ1) is 25.1. The van der Waals surface area contributed by atoms with Crippen molar-refractivity contribution in [1.82, 2.24) is 14.3 Å². The van der Waals surface area contributed by atoms with E-state index in [4.69, 9.17) is 22.1 Å². The molecule has 0 aliphatic carbocycles. The normalized spacial score (nSPS) is 15.9. The van der Waals surface area contributed by atoms with Crippen molar-refractivity contribution in [3.63, 3.8) is 0 Å². The number of aryl methyl sites for hydroxylation is 1. The monoisotopic (exact) mass is 510 g/mol. The van der Waals surface area contributed by atoms with E-state index >= 15 is 0 Å². The van der Waals surface area contributed by atoms with Crippen LogP contribution in [0.3, 0.4) is 0 Å². The van der Waals surface area contributed by atoms with Gasteiger partial charge in [0, 0.05) is 12.7 Å². The maximum absolute atomic E-state index is 13.5. The van der Waals surface area contributed by atoms with E-state index in [1.807, 2.05) is 50.2 Å². The van der Waals surface area contributed by atoms with Crippen molar-refractivity contribution >= 4 is 51.7 Å². The largest absolute Gasteiger partial charge is 0.394 e. The van der Waals surface area contributed by atoms with Crippen LogP contribution >= 0.6 is 24.0 Å². The highest BCUT2D eigenvalue weighted by Gasteiger charge is 2.36. The predicted molar refractivity (Wildman–Crippen MR) is 142 cm³/mol. The van der Waals surface area contributed by atoms with Crippen LogP contribution in [0.25, 0.3) is 11.7 Å². The third-order valence-electron chi connectivity index (χ3n) is 5.63. The number of hydrogen-bond donors (Lipinski definition) is 2. The maximum Gasteiger partial charge on any atom is 0.267 e. The van der Waals surface area contributed by atoms with Gasteiger partial charge in [-0.25, -0.2) is 4.98 Å². The van der Waals surface area contributed by atoms with Crippen LogP contribution in [0, 0.1) is 6.92 Å². The van der Waals surface area contributed by atoms with Crippen LogP contribution in [-0.2, 0) is 9.53 Å². The number of carbonyl (C=O) groups excluding carboxylic acids is 1. The first-order valence-electron chi connectivity index (χ1n) is 11.2. The number of thioether (sulfide) groups is 1. The fourth-order valence-corrected chi connectivity index (χ4v) is 5.21. The SMILES string of the molecule is Cc1cccn2c(=O)c(/C=C3\SC(=S)N(C(C)c4ccccc4)C3=O)c(NCCOCCO)nc12. The molecule has 4 rings (SSSR count). The summed E-state index contributed by atoms with van der Waals surface area (Å²) >= 11 is 6.71. The summed E-state index contributed by atoms with van der Waals surface area (Å²) in [4.78, 5) is 33.4. The number of aliphatic hydroxyl groups is 1. The Labute approximate surface area is 212 Å². The summed E-state index contributed by atoms with van der Waals surface area (Å²) in [6.07, 6.45) is 3.23. The van der Waals surface area contributed by atoms with Gasteiger partial charge in [0.25, 0.3) is 11.5 Å². The molecule has 0 radical (unpaired) electrons. The van der Waals surface area contributed by atoms with Crippen molar-refractivity contribution in [2.75, 3.05) is 31.7 Å². The van der Waals surface area contributed by atoms with Crippen molar-refractivity contribution in [1.29, 1.82) is 0 Å². The van der Waals surface area contributed by atoms with Gasteiger partial charge in [0.2, 0.25) is 0 Å². The van der Waals surface area contributed by atoms with Gasteiger partial charge in [-0.05, 0) is 37.1 Å². The molecule has 2 aromatic heterocycles. The maximum atomic E-state index is 13.5. The number of ether oxygens (including phenoxy) is 1. The molecule has 1 fully saturated rings. The molecule has 1 amide bonds. The van der Waals surface area contributed by atoms with Crippen LogP contribution < -0.4 is 10.9 Å². The molecular formula is C25H26N4O4S2. The summed E-state index contributed by atoms with van der Waals surface area (Å²) in [6.45, 7) is 4.67. The van der Waals surface area contributed by atoms with Crippen LogP contribution in [0.4, 0.5) is 5.82 Å². The molecule has 1 atom stereocenters. The van der Waals surface area contributed by atoms with Gasteiger partial charge >= 0.3 is 0 Å². The lowest BCUT2D eigenvalue weighted by molar-refractivity contribution is -0.123. The third kappa shape index (κ3) is 5.30. The lowest BCUT2D eigenvalue weighted by atomic mass is 10.1. The summed E-state index contributed by atoms with van der Waals surface area (Å²) in [5, 5.41) is 12.0. The molecule has 1 aromatic carbocycles. The van der Waals surface area contributed by atoms with Crippen LogP contribution in [0.5, 0.6) is 0 Å². The number of hydrogen-bond acceptors (Lipinski definition) is 8. The molecule has 10 heteroatoms. The third-order valence-corrected chi connectivity index (χ3v) is 6.96. The molecule has 182 valence electrons. The van der Waals surface area contributed by atoms with E-state index in [-0.39, 0.29) is 36.3 Å². The van der Waals surface area contributed by atoms with Crippen molar-refractivity contribution in [3.05, 3.63) is 80.6 Å². The highest BCUT2D eigenvalue weighted by Crippen LogP contribution is 2.38. The molecule has 8 nitrogen and oxygen atoms in total. The van der Waals surface area contributed by atoms with Crippen LogP contribution in [0.15, 0.2) is 58.4 Å². The highest BCUT2D eigenvalue weighted by atomic mass is 32.2. The zero-order chi connectivity index (χ0) is 24.9. The average molecular weight is 511 g/mol. The number of rotatable bonds is 9. The highest BCUT2D eigenvalue weighted by molar-refractivity contribution is 8.26. The molecule has 1 unspecified atom stereocenters. The van der Waals surface area contributed by atoms with Gasteiger partial charge in [-0.1, -0.05) is 60.4 Å². The number of amides is 1. The molecule has 35 heavy (non-hydrogen) atoms. The summed E-state index contributed by atoms with van der Waals surface area (Å²) in [7, 11) is 0. The van der Waals surface area contributed by atoms with Gasteiger partial charge in [0.05, 0.1) is 36.3 Å². The zero-order valence-corrected chi connectivity index (χ0v) is 21.1. The van der Waals surface area contributed by atoms with Crippen molar-refractivity contribution < 1.29 is 14.6 Å². The van der Waals surface area contributed by atoms with Gasteiger partial charge in [-0.2, -0.15) is 0 Å². The number of nitrogens with one attached hydrogen (secondary N) is 1. The Morgan fingerprint density at radius 2 is 1.97 bits per heavy atom. The Morgan fingerprint density at radius 3 is 2.71 bits per heavy atom. The minimum absolute atomic E-state index is 0.0662. The Balaban J connectivity index is 1.71. The van der Waals surface area contributed by atoms with Crippen molar-refractivity contribution in [2.45, 2.75) is 19.9 Å². The number of anilines is 1. The summed E-state index contributed by atoms with van der Waals surface area (Å²) < 4.78 is 7.23. The van der Waals surface area contributed by atoms with Crippen molar-refractivity contribution in [3.8, 4) is 0 Å². The summed E-state index contributed by atoms with van der Waals surface area (Å²) in [6, 6.07) is 13.1. The predicted octanol–water partition coefficient (Wildman–Crippen LogP) is 3.39. The van der Waals surface area contributed by atoms with Crippen molar-refractivity contribution in [2.24, 2.45) is 0 Å². The van der Waals surface area contributed by atoms with E-state index in [0.717, 1.165) is 11.1 Å². The number of nitrogens with zero attached hydrogens (tertiary/aromatic N) is 3. The van der Waals surface area contributed by atoms with Gasteiger partial charge < -0.3 is 15.2 Å². The molecule has 0 spiro atoms. The smallest absolute Gasteiger partial charge is 0.267 e. The van der Waals surface area contributed by atoms with Crippen LogP contribution in [-0.4, -0.2) is 56.0 Å². The fraction of sp³-hybridized carbons (Fsp3) is 0.280. The Bertz CT molecular complexity index is 1340. The van der Waals surface area contributed by atoms with E-state index in [2.05, 4.69) is 10.3 Å². The minimum atomic E-state index is -0.293. The van der Waals surface area contributed by atoms with E-state index in [1.165, 1.54) is 16.2 Å². The second kappa shape index (κ2) is 11.1. The van der Waals surface area contributed by atoms with E-state index < -0.39 is 0 Å². The zero-order valence-electron chi connectivity index (χ0n) is 19.4.